The minimum absolute atomic E-state index is 0.492. The number of nitrogens with one attached hydrogen (secondary N) is 1. The standard InChI is InChI=1S/C26H24N4OS2/c1-3-7-23-21(5-1)28-25(32-23)27-19-13-15-30(16-14-19)17-18-9-11-20(12-10-18)31-26-29-22-6-2-4-8-24(22)33-26/h1-12,19H,13-17H2,(H,27,28). The van der Waals surface area contributed by atoms with Gasteiger partial charge in [0.05, 0.1) is 20.4 Å². The highest BCUT2D eigenvalue weighted by Crippen LogP contribution is 2.31. The lowest BCUT2D eigenvalue weighted by Crippen LogP contribution is -2.38. The Morgan fingerprint density at radius 1 is 0.818 bits per heavy atom. The SMILES string of the molecule is c1ccc2sc(NC3CCN(Cc4ccc(Oc5nc6ccccc6s5)cc4)CC3)nc2c1. The van der Waals surface area contributed by atoms with Gasteiger partial charge in [-0.25, -0.2) is 9.97 Å². The third-order valence-electron chi connectivity index (χ3n) is 6.02. The second-order valence-corrected chi connectivity index (χ2v) is 10.4. The van der Waals surface area contributed by atoms with Crippen molar-refractivity contribution in [3.8, 4) is 10.9 Å². The molecular weight excluding hydrogens is 448 g/mol. The number of piperidine rings is 1. The highest BCUT2D eigenvalue weighted by Gasteiger charge is 2.20. The number of anilines is 1. The van der Waals surface area contributed by atoms with E-state index in [0.29, 0.717) is 11.2 Å². The van der Waals surface area contributed by atoms with Crippen LogP contribution in [0.2, 0.25) is 0 Å². The molecule has 0 unspecified atom stereocenters. The molecule has 166 valence electrons. The van der Waals surface area contributed by atoms with E-state index >= 15 is 0 Å². The summed E-state index contributed by atoms with van der Waals surface area (Å²) in [6.45, 7) is 3.15. The van der Waals surface area contributed by atoms with E-state index in [9.17, 15) is 0 Å². The Labute approximate surface area is 200 Å². The average Bonchev–Trinajstić information content (AvgIpc) is 3.44. The fraction of sp³-hybridized carbons (Fsp3) is 0.231. The Hall–Kier alpha value is -3.00. The highest BCUT2D eigenvalue weighted by molar-refractivity contribution is 7.22. The van der Waals surface area contributed by atoms with Crippen LogP contribution in [-0.2, 0) is 6.54 Å². The van der Waals surface area contributed by atoms with Gasteiger partial charge >= 0.3 is 0 Å². The number of benzene rings is 3. The molecule has 6 rings (SSSR count). The summed E-state index contributed by atoms with van der Waals surface area (Å²) < 4.78 is 8.37. The molecule has 7 heteroatoms. The molecule has 0 amide bonds. The first kappa shape index (κ1) is 20.6. The molecule has 0 radical (unpaired) electrons. The number of para-hydroxylation sites is 2. The van der Waals surface area contributed by atoms with E-state index in [1.165, 1.54) is 10.3 Å². The van der Waals surface area contributed by atoms with Gasteiger partial charge < -0.3 is 10.1 Å². The number of nitrogens with zero attached hydrogens (tertiary/aromatic N) is 3. The normalized spacial score (nSPS) is 15.3. The first-order valence-electron chi connectivity index (χ1n) is 11.3. The second kappa shape index (κ2) is 9.09. The molecule has 0 bridgehead atoms. The van der Waals surface area contributed by atoms with Crippen LogP contribution >= 0.6 is 22.7 Å². The Kier molecular flexibility index (Phi) is 5.68. The lowest BCUT2D eigenvalue weighted by atomic mass is 10.0. The van der Waals surface area contributed by atoms with Crippen molar-refractivity contribution < 1.29 is 4.74 Å². The van der Waals surface area contributed by atoms with Crippen LogP contribution in [0.25, 0.3) is 20.4 Å². The van der Waals surface area contributed by atoms with E-state index in [-0.39, 0.29) is 0 Å². The van der Waals surface area contributed by atoms with Crippen LogP contribution in [0.3, 0.4) is 0 Å². The molecular formula is C26H24N4OS2. The molecule has 1 aliphatic rings. The van der Waals surface area contributed by atoms with Gasteiger partial charge in [0.1, 0.15) is 5.75 Å². The van der Waals surface area contributed by atoms with Crippen molar-refractivity contribution in [1.82, 2.24) is 14.9 Å². The molecule has 1 aliphatic heterocycles. The molecule has 0 atom stereocenters. The van der Waals surface area contributed by atoms with Crippen molar-refractivity contribution in [1.29, 1.82) is 0 Å². The monoisotopic (exact) mass is 472 g/mol. The average molecular weight is 473 g/mol. The number of rotatable bonds is 6. The summed E-state index contributed by atoms with van der Waals surface area (Å²) in [5, 5.41) is 5.38. The number of hydrogen-bond donors (Lipinski definition) is 1. The van der Waals surface area contributed by atoms with Gasteiger partial charge in [0.2, 0.25) is 0 Å². The third-order valence-corrected chi connectivity index (χ3v) is 7.90. The van der Waals surface area contributed by atoms with Crippen LogP contribution in [0.4, 0.5) is 5.13 Å². The molecule has 0 spiro atoms. The maximum Gasteiger partial charge on any atom is 0.279 e. The number of thiazole rings is 2. The van der Waals surface area contributed by atoms with Gasteiger partial charge in [-0.1, -0.05) is 59.1 Å². The lowest BCUT2D eigenvalue weighted by molar-refractivity contribution is 0.211. The van der Waals surface area contributed by atoms with Crippen molar-refractivity contribution in [3.63, 3.8) is 0 Å². The molecule has 0 aliphatic carbocycles. The summed E-state index contributed by atoms with van der Waals surface area (Å²) in [6.07, 6.45) is 2.27. The number of likely N-dealkylation sites (tertiary alicyclic amines) is 1. The fourth-order valence-corrected chi connectivity index (χ4v) is 6.04. The van der Waals surface area contributed by atoms with Crippen LogP contribution in [0.15, 0.2) is 72.8 Å². The molecule has 5 aromatic rings. The van der Waals surface area contributed by atoms with E-state index < -0.39 is 0 Å². The molecule has 2 aromatic heterocycles. The predicted octanol–water partition coefficient (Wildman–Crippen LogP) is 6.77. The Bertz CT molecular complexity index is 1300. The van der Waals surface area contributed by atoms with Gasteiger partial charge in [-0.3, -0.25) is 4.90 Å². The number of aromatic nitrogens is 2. The highest BCUT2D eigenvalue weighted by atomic mass is 32.1. The van der Waals surface area contributed by atoms with Crippen molar-refractivity contribution in [2.45, 2.75) is 25.4 Å². The van der Waals surface area contributed by atoms with Crippen molar-refractivity contribution in [2.24, 2.45) is 0 Å². The van der Waals surface area contributed by atoms with Gasteiger partial charge in [-0.15, -0.1) is 0 Å². The largest absolute Gasteiger partial charge is 0.431 e. The van der Waals surface area contributed by atoms with Crippen LogP contribution in [-0.4, -0.2) is 34.0 Å². The first-order chi connectivity index (χ1) is 16.3. The Morgan fingerprint density at radius 2 is 1.48 bits per heavy atom. The summed E-state index contributed by atoms with van der Waals surface area (Å²) in [4.78, 5) is 11.8. The molecule has 0 saturated carbocycles. The molecule has 3 aromatic carbocycles. The summed E-state index contributed by atoms with van der Waals surface area (Å²) >= 11 is 3.32. The molecule has 5 nitrogen and oxygen atoms in total. The maximum absolute atomic E-state index is 5.98. The summed E-state index contributed by atoms with van der Waals surface area (Å²) in [6, 6.07) is 25.3. The van der Waals surface area contributed by atoms with E-state index in [1.807, 2.05) is 36.4 Å². The topological polar surface area (TPSA) is 50.3 Å². The third kappa shape index (κ3) is 4.71. The summed E-state index contributed by atoms with van der Waals surface area (Å²) in [5.41, 5.74) is 3.37. The van der Waals surface area contributed by atoms with Gasteiger partial charge in [-0.05, 0) is 54.8 Å². The van der Waals surface area contributed by atoms with E-state index in [4.69, 9.17) is 9.72 Å². The Balaban J connectivity index is 1.01. The maximum atomic E-state index is 5.98. The summed E-state index contributed by atoms with van der Waals surface area (Å²) in [5.74, 6) is 0.830. The van der Waals surface area contributed by atoms with Gasteiger partial charge in [0.25, 0.3) is 5.19 Å². The molecule has 1 fully saturated rings. The van der Waals surface area contributed by atoms with Crippen LogP contribution < -0.4 is 10.1 Å². The van der Waals surface area contributed by atoms with Gasteiger partial charge in [0, 0.05) is 25.7 Å². The zero-order valence-electron chi connectivity index (χ0n) is 18.1. The van der Waals surface area contributed by atoms with E-state index in [1.54, 1.807) is 22.7 Å². The Morgan fingerprint density at radius 3 is 2.18 bits per heavy atom. The molecule has 1 N–H and O–H groups in total. The van der Waals surface area contributed by atoms with E-state index in [2.05, 4.69) is 51.6 Å². The minimum atomic E-state index is 0.492. The van der Waals surface area contributed by atoms with Gasteiger partial charge in [-0.2, -0.15) is 0 Å². The molecule has 33 heavy (non-hydrogen) atoms. The minimum Gasteiger partial charge on any atom is -0.431 e. The van der Waals surface area contributed by atoms with E-state index in [0.717, 1.165) is 59.1 Å². The number of ether oxygens (including phenoxy) is 1. The van der Waals surface area contributed by atoms with Crippen LogP contribution in [0.5, 0.6) is 10.9 Å². The lowest BCUT2D eigenvalue weighted by Gasteiger charge is -2.32. The van der Waals surface area contributed by atoms with Crippen LogP contribution in [0, 0.1) is 0 Å². The molecule has 1 saturated heterocycles. The smallest absolute Gasteiger partial charge is 0.279 e. The zero-order chi connectivity index (χ0) is 22.0. The van der Waals surface area contributed by atoms with Crippen molar-refractivity contribution >= 4 is 48.2 Å². The predicted molar refractivity (Wildman–Crippen MR) is 138 cm³/mol. The quantitative estimate of drug-likeness (QED) is 0.295. The van der Waals surface area contributed by atoms with Crippen molar-refractivity contribution in [2.75, 3.05) is 18.4 Å². The fourth-order valence-electron chi connectivity index (χ4n) is 4.26. The van der Waals surface area contributed by atoms with Gasteiger partial charge in [0.15, 0.2) is 5.13 Å². The number of hydrogen-bond acceptors (Lipinski definition) is 7. The first-order valence-corrected chi connectivity index (χ1v) is 12.9. The second-order valence-electron chi connectivity index (χ2n) is 8.38. The summed E-state index contributed by atoms with van der Waals surface area (Å²) in [7, 11) is 0. The van der Waals surface area contributed by atoms with Crippen LogP contribution in [0.1, 0.15) is 18.4 Å². The molecule has 3 heterocycles. The van der Waals surface area contributed by atoms with Crippen molar-refractivity contribution in [3.05, 3.63) is 78.4 Å². The number of fused-ring (bicyclic) bond motifs is 2. The zero-order valence-corrected chi connectivity index (χ0v) is 19.7.